The summed E-state index contributed by atoms with van der Waals surface area (Å²) in [6.45, 7) is 0. The number of aliphatic hydroxyl groups excluding tert-OH is 1. The van der Waals surface area contributed by atoms with Crippen LogP contribution in [-0.4, -0.2) is 33.3 Å². The number of benzene rings is 1. The number of amides is 1. The molecule has 3 N–H and O–H groups in total. The second-order valence-electron chi connectivity index (χ2n) is 6.03. The number of pyridine rings is 1. The van der Waals surface area contributed by atoms with Crippen LogP contribution >= 0.6 is 0 Å². The Labute approximate surface area is 135 Å². The van der Waals surface area contributed by atoms with E-state index in [2.05, 4.69) is 10.3 Å². The molecule has 0 saturated heterocycles. The lowest BCUT2D eigenvalue weighted by Gasteiger charge is -2.38. The van der Waals surface area contributed by atoms with Gasteiger partial charge in [-0.05, 0) is 42.9 Å². The van der Waals surface area contributed by atoms with Crippen molar-refractivity contribution >= 4 is 5.91 Å². The number of rotatable bonds is 5. The summed E-state index contributed by atoms with van der Waals surface area (Å²) >= 11 is 0. The van der Waals surface area contributed by atoms with Crippen LogP contribution in [-0.2, 0) is 6.42 Å². The third-order valence-corrected chi connectivity index (χ3v) is 4.34. The number of aromatic hydroxyl groups is 1. The van der Waals surface area contributed by atoms with Gasteiger partial charge in [-0.2, -0.15) is 0 Å². The SMILES string of the molecule is O=C(N[C@@H](Cc1ccccc1)C1CC(O)C1)c1ncccc1O. The molecule has 1 fully saturated rings. The van der Waals surface area contributed by atoms with Crippen LogP contribution in [0.1, 0.15) is 28.9 Å². The van der Waals surface area contributed by atoms with Crippen LogP contribution in [0.15, 0.2) is 48.7 Å². The molecule has 1 aliphatic carbocycles. The van der Waals surface area contributed by atoms with Crippen LogP contribution in [0.5, 0.6) is 5.75 Å². The summed E-state index contributed by atoms with van der Waals surface area (Å²) < 4.78 is 0. The Bertz CT molecular complexity index is 669. The van der Waals surface area contributed by atoms with E-state index < -0.39 is 0 Å². The minimum absolute atomic E-state index is 0.0328. The lowest BCUT2D eigenvalue weighted by Crippen LogP contribution is -2.48. The monoisotopic (exact) mass is 312 g/mol. The van der Waals surface area contributed by atoms with E-state index in [4.69, 9.17) is 0 Å². The van der Waals surface area contributed by atoms with Crippen molar-refractivity contribution in [2.24, 2.45) is 5.92 Å². The fourth-order valence-corrected chi connectivity index (χ4v) is 2.97. The second kappa shape index (κ2) is 6.79. The number of carbonyl (C=O) groups excluding carboxylic acids is 1. The highest BCUT2D eigenvalue weighted by Crippen LogP contribution is 2.32. The van der Waals surface area contributed by atoms with Crippen molar-refractivity contribution in [3.05, 3.63) is 59.9 Å². The van der Waals surface area contributed by atoms with E-state index in [9.17, 15) is 15.0 Å². The topological polar surface area (TPSA) is 82.5 Å². The van der Waals surface area contributed by atoms with Gasteiger partial charge in [0.1, 0.15) is 5.75 Å². The molecule has 1 aromatic carbocycles. The summed E-state index contributed by atoms with van der Waals surface area (Å²) in [5.41, 5.74) is 1.16. The number of hydrogen-bond acceptors (Lipinski definition) is 4. The average Bonchev–Trinajstić information content (AvgIpc) is 2.52. The second-order valence-corrected chi connectivity index (χ2v) is 6.03. The van der Waals surface area contributed by atoms with Crippen LogP contribution in [0.3, 0.4) is 0 Å². The minimum Gasteiger partial charge on any atom is -0.505 e. The van der Waals surface area contributed by atoms with E-state index >= 15 is 0 Å². The number of hydrogen-bond donors (Lipinski definition) is 3. The third kappa shape index (κ3) is 3.68. The van der Waals surface area contributed by atoms with Crippen LogP contribution in [0.25, 0.3) is 0 Å². The van der Waals surface area contributed by atoms with Gasteiger partial charge < -0.3 is 15.5 Å². The van der Waals surface area contributed by atoms with Crippen LogP contribution < -0.4 is 5.32 Å². The van der Waals surface area contributed by atoms with Crippen molar-refractivity contribution in [1.29, 1.82) is 0 Å². The quantitative estimate of drug-likeness (QED) is 0.787. The van der Waals surface area contributed by atoms with Crippen molar-refractivity contribution in [3.63, 3.8) is 0 Å². The Kier molecular flexibility index (Phi) is 4.57. The number of aliphatic hydroxyl groups is 1. The van der Waals surface area contributed by atoms with Crippen molar-refractivity contribution in [3.8, 4) is 5.75 Å². The Morgan fingerprint density at radius 2 is 1.96 bits per heavy atom. The summed E-state index contributed by atoms with van der Waals surface area (Å²) in [6, 6.07) is 12.9. The van der Waals surface area contributed by atoms with Gasteiger partial charge in [0, 0.05) is 12.2 Å². The zero-order valence-corrected chi connectivity index (χ0v) is 12.7. The Hall–Kier alpha value is -2.40. The molecule has 0 aliphatic heterocycles. The molecular weight excluding hydrogens is 292 g/mol. The molecule has 120 valence electrons. The molecule has 1 aromatic heterocycles. The van der Waals surface area contributed by atoms with Crippen LogP contribution in [0.2, 0.25) is 0 Å². The zero-order chi connectivity index (χ0) is 16.2. The van der Waals surface area contributed by atoms with E-state index in [0.29, 0.717) is 19.3 Å². The molecule has 1 amide bonds. The molecule has 5 nitrogen and oxygen atoms in total. The Morgan fingerprint density at radius 1 is 1.22 bits per heavy atom. The highest BCUT2D eigenvalue weighted by Gasteiger charge is 2.35. The molecule has 0 spiro atoms. The fraction of sp³-hybridized carbons (Fsp3) is 0.333. The standard InChI is InChI=1S/C18H20N2O3/c21-14-10-13(11-14)15(9-12-5-2-1-3-6-12)20-18(23)17-16(22)7-4-8-19-17/h1-8,13-15,21-22H,9-11H2,(H,20,23)/t13?,14?,15-/m0/s1. The summed E-state index contributed by atoms with van der Waals surface area (Å²) in [4.78, 5) is 16.3. The minimum atomic E-state index is -0.384. The molecule has 2 aromatic rings. The van der Waals surface area contributed by atoms with E-state index in [-0.39, 0.29) is 35.4 Å². The molecule has 0 unspecified atom stereocenters. The largest absolute Gasteiger partial charge is 0.505 e. The molecule has 0 bridgehead atoms. The van der Waals surface area contributed by atoms with E-state index in [1.807, 2.05) is 30.3 Å². The zero-order valence-electron chi connectivity index (χ0n) is 12.7. The molecular formula is C18H20N2O3. The van der Waals surface area contributed by atoms with E-state index in [0.717, 1.165) is 5.56 Å². The van der Waals surface area contributed by atoms with Gasteiger partial charge in [-0.15, -0.1) is 0 Å². The molecule has 0 radical (unpaired) electrons. The number of carbonyl (C=O) groups is 1. The first-order valence-corrected chi connectivity index (χ1v) is 7.80. The van der Waals surface area contributed by atoms with Gasteiger partial charge >= 0.3 is 0 Å². The van der Waals surface area contributed by atoms with E-state index in [1.165, 1.54) is 12.3 Å². The van der Waals surface area contributed by atoms with Crippen LogP contribution in [0, 0.1) is 5.92 Å². The summed E-state index contributed by atoms with van der Waals surface area (Å²) in [7, 11) is 0. The molecule has 1 aliphatic rings. The molecule has 23 heavy (non-hydrogen) atoms. The predicted octanol–water partition coefficient (Wildman–Crippen LogP) is 1.90. The van der Waals surface area contributed by atoms with Crippen molar-refractivity contribution in [2.75, 3.05) is 0 Å². The van der Waals surface area contributed by atoms with Crippen LogP contribution in [0.4, 0.5) is 0 Å². The number of aromatic nitrogens is 1. The first-order valence-electron chi connectivity index (χ1n) is 7.80. The Morgan fingerprint density at radius 3 is 2.61 bits per heavy atom. The number of nitrogens with one attached hydrogen (secondary N) is 1. The molecule has 3 rings (SSSR count). The maximum absolute atomic E-state index is 12.4. The lowest BCUT2D eigenvalue weighted by atomic mass is 9.75. The van der Waals surface area contributed by atoms with Gasteiger partial charge in [-0.1, -0.05) is 30.3 Å². The maximum Gasteiger partial charge on any atom is 0.273 e. The predicted molar refractivity (Wildman–Crippen MR) is 86.0 cm³/mol. The maximum atomic E-state index is 12.4. The fourth-order valence-electron chi connectivity index (χ4n) is 2.97. The normalized spacial score (nSPS) is 21.3. The van der Waals surface area contributed by atoms with E-state index in [1.54, 1.807) is 6.07 Å². The summed E-state index contributed by atoms with van der Waals surface area (Å²) in [6.07, 6.45) is 3.27. The highest BCUT2D eigenvalue weighted by atomic mass is 16.3. The lowest BCUT2D eigenvalue weighted by molar-refractivity contribution is 0.0238. The summed E-state index contributed by atoms with van der Waals surface area (Å²) in [5.74, 6) is -0.275. The van der Waals surface area contributed by atoms with Gasteiger partial charge in [0.15, 0.2) is 5.69 Å². The van der Waals surface area contributed by atoms with Crippen molar-refractivity contribution < 1.29 is 15.0 Å². The first kappa shape index (κ1) is 15.5. The third-order valence-electron chi connectivity index (χ3n) is 4.34. The van der Waals surface area contributed by atoms with Gasteiger partial charge in [0.2, 0.25) is 0 Å². The summed E-state index contributed by atoms with van der Waals surface area (Å²) in [5, 5.41) is 22.3. The average molecular weight is 312 g/mol. The highest BCUT2D eigenvalue weighted by molar-refractivity contribution is 5.94. The van der Waals surface area contributed by atoms with Crippen molar-refractivity contribution in [1.82, 2.24) is 10.3 Å². The van der Waals surface area contributed by atoms with Gasteiger partial charge in [0.25, 0.3) is 5.91 Å². The van der Waals surface area contributed by atoms with Crippen molar-refractivity contribution in [2.45, 2.75) is 31.4 Å². The molecule has 1 heterocycles. The molecule has 5 heteroatoms. The van der Waals surface area contributed by atoms with Gasteiger partial charge in [-0.25, -0.2) is 4.98 Å². The Balaban J connectivity index is 1.73. The first-order chi connectivity index (χ1) is 11.1. The number of nitrogens with zero attached hydrogens (tertiary/aromatic N) is 1. The molecule has 1 saturated carbocycles. The molecule has 1 atom stereocenters. The van der Waals surface area contributed by atoms with Gasteiger partial charge in [0.05, 0.1) is 6.10 Å². The smallest absolute Gasteiger partial charge is 0.273 e. The van der Waals surface area contributed by atoms with Gasteiger partial charge in [-0.3, -0.25) is 4.79 Å².